The fourth-order valence-corrected chi connectivity index (χ4v) is 1.64. The Bertz CT molecular complexity index is 646. The molecule has 0 unspecified atom stereocenters. The minimum Gasteiger partial charge on any atom is -0.453 e. The van der Waals surface area contributed by atoms with Gasteiger partial charge in [-0.1, -0.05) is 0 Å². The predicted octanol–water partition coefficient (Wildman–Crippen LogP) is 0.837. The topological polar surface area (TPSA) is 105 Å². The Hall–Kier alpha value is -2.43. The summed E-state index contributed by atoms with van der Waals surface area (Å²) in [7, 11) is 5.35. The Kier molecular flexibility index (Phi) is 4.75. The van der Waals surface area contributed by atoms with Gasteiger partial charge in [-0.2, -0.15) is 0 Å². The highest BCUT2D eigenvalue weighted by Crippen LogP contribution is 2.20. The number of carbonyl (C=O) groups is 1. The average molecular weight is 312 g/mol. The fourth-order valence-electron chi connectivity index (χ4n) is 1.64. The van der Waals surface area contributed by atoms with Crippen molar-refractivity contribution in [3.63, 3.8) is 0 Å². The minimum absolute atomic E-state index is 0.167. The molecule has 0 aromatic carbocycles. The number of imidazole rings is 1. The number of aromatic nitrogens is 3. The molecule has 0 radical (unpaired) electrons. The molecule has 0 bridgehead atoms. The maximum atomic E-state index is 11.2. The molecule has 2 rings (SSSR count). The molecule has 1 N–H and O–H groups in total. The van der Waals surface area contributed by atoms with Crippen LogP contribution in [0.2, 0.25) is 0 Å². The van der Waals surface area contributed by atoms with E-state index in [1.807, 2.05) is 0 Å². The molecule has 0 aliphatic rings. The smallest absolute Gasteiger partial charge is 0.453 e. The van der Waals surface area contributed by atoms with E-state index in [9.17, 15) is 4.79 Å². The van der Waals surface area contributed by atoms with E-state index >= 15 is 0 Å². The number of hydrogen-bond acceptors (Lipinski definition) is 8. The maximum Gasteiger partial charge on any atom is 0.461 e. The van der Waals surface area contributed by atoms with Gasteiger partial charge < -0.3 is 9.47 Å². The third-order valence-electron chi connectivity index (χ3n) is 2.69. The van der Waals surface area contributed by atoms with Gasteiger partial charge >= 0.3 is 12.3 Å². The summed E-state index contributed by atoms with van der Waals surface area (Å²) < 4.78 is 26.4. The summed E-state index contributed by atoms with van der Waals surface area (Å²) in [6.07, 6.45) is -0.835. The van der Waals surface area contributed by atoms with Crippen molar-refractivity contribution in [3.05, 3.63) is 18.3 Å². The van der Waals surface area contributed by atoms with E-state index < -0.39 is 12.3 Å². The van der Waals surface area contributed by atoms with Crippen LogP contribution in [0.4, 0.5) is 10.6 Å². The van der Waals surface area contributed by atoms with Crippen molar-refractivity contribution in [2.24, 2.45) is 0 Å². The van der Waals surface area contributed by atoms with E-state index in [1.165, 1.54) is 39.2 Å². The lowest BCUT2D eigenvalue weighted by Gasteiger charge is -2.26. The summed E-state index contributed by atoms with van der Waals surface area (Å²) in [5, 5.41) is 6.59. The third-order valence-corrected chi connectivity index (χ3v) is 2.69. The number of methoxy groups -OCH3 is 4. The molecule has 120 valence electrons. The van der Waals surface area contributed by atoms with E-state index in [4.69, 9.17) is 18.9 Å². The average Bonchev–Trinajstić information content (AvgIpc) is 2.94. The first-order valence-corrected chi connectivity index (χ1v) is 6.11. The van der Waals surface area contributed by atoms with Gasteiger partial charge in [0.25, 0.3) is 0 Å². The van der Waals surface area contributed by atoms with Crippen molar-refractivity contribution in [3.8, 4) is 5.88 Å². The van der Waals surface area contributed by atoms with Gasteiger partial charge in [0.2, 0.25) is 5.88 Å². The molecule has 10 nitrogen and oxygen atoms in total. The van der Waals surface area contributed by atoms with Crippen molar-refractivity contribution in [1.29, 1.82) is 0 Å². The number of nitrogens with zero attached hydrogens (tertiary/aromatic N) is 3. The number of hydrogen-bond donors (Lipinski definition) is 1. The molecule has 0 aliphatic carbocycles. The number of anilines is 1. The van der Waals surface area contributed by atoms with Crippen LogP contribution in [0.3, 0.4) is 0 Å². The lowest BCUT2D eigenvalue weighted by Crippen LogP contribution is -2.42. The van der Waals surface area contributed by atoms with Crippen LogP contribution >= 0.6 is 0 Å². The van der Waals surface area contributed by atoms with Gasteiger partial charge in [-0.15, -0.1) is 5.10 Å². The van der Waals surface area contributed by atoms with Crippen LogP contribution in [-0.2, 0) is 18.9 Å². The molecule has 2 aromatic rings. The van der Waals surface area contributed by atoms with Crippen molar-refractivity contribution in [1.82, 2.24) is 14.6 Å². The Morgan fingerprint density at radius 2 is 1.86 bits per heavy atom. The zero-order valence-corrected chi connectivity index (χ0v) is 12.5. The standard InChI is InChI=1S/C12H16N4O6/c1-18-11(17)14-8-7-16-9(13-8)5-6-10(15-16)22-12(19-2,20-3)21-4/h5-7H,1-4H3,(H,14,17). The second-order valence-corrected chi connectivity index (χ2v) is 3.93. The van der Waals surface area contributed by atoms with E-state index in [0.29, 0.717) is 5.65 Å². The summed E-state index contributed by atoms with van der Waals surface area (Å²) in [6, 6.07) is 3.19. The highest BCUT2D eigenvalue weighted by atomic mass is 17.0. The van der Waals surface area contributed by atoms with Crippen molar-refractivity contribution in [2.75, 3.05) is 33.8 Å². The molecule has 2 aromatic heterocycles. The largest absolute Gasteiger partial charge is 0.461 e. The van der Waals surface area contributed by atoms with Gasteiger partial charge in [-0.25, -0.2) is 14.3 Å². The van der Waals surface area contributed by atoms with Crippen molar-refractivity contribution >= 4 is 17.6 Å². The van der Waals surface area contributed by atoms with Crippen LogP contribution in [0.25, 0.3) is 5.65 Å². The Morgan fingerprint density at radius 3 is 2.45 bits per heavy atom. The molecule has 0 atom stereocenters. The Balaban J connectivity index is 2.24. The van der Waals surface area contributed by atoms with Crippen molar-refractivity contribution in [2.45, 2.75) is 6.16 Å². The van der Waals surface area contributed by atoms with Gasteiger partial charge in [0.05, 0.1) is 13.3 Å². The van der Waals surface area contributed by atoms with E-state index in [2.05, 4.69) is 20.1 Å². The second-order valence-electron chi connectivity index (χ2n) is 3.93. The molecule has 0 saturated carbocycles. The number of amides is 1. The highest BCUT2D eigenvalue weighted by Gasteiger charge is 2.34. The number of nitrogens with one attached hydrogen (secondary N) is 1. The number of carbonyl (C=O) groups excluding carboxylic acids is 1. The Morgan fingerprint density at radius 1 is 1.18 bits per heavy atom. The molecule has 22 heavy (non-hydrogen) atoms. The van der Waals surface area contributed by atoms with Gasteiger partial charge in [0, 0.05) is 27.4 Å². The Labute approximate surface area is 125 Å². The molecule has 0 fully saturated rings. The first-order valence-electron chi connectivity index (χ1n) is 6.11. The molecular formula is C12H16N4O6. The SMILES string of the molecule is COC(=O)Nc1cn2nc(OC(OC)(OC)OC)ccc2n1. The number of fused-ring (bicyclic) bond motifs is 1. The molecule has 10 heteroatoms. The van der Waals surface area contributed by atoms with Crippen LogP contribution in [0.5, 0.6) is 5.88 Å². The van der Waals surface area contributed by atoms with Crippen LogP contribution in [0.15, 0.2) is 18.3 Å². The fraction of sp³-hybridized carbons (Fsp3) is 0.417. The summed E-state index contributed by atoms with van der Waals surface area (Å²) >= 11 is 0. The molecule has 1 amide bonds. The minimum atomic E-state index is -1.70. The van der Waals surface area contributed by atoms with E-state index in [1.54, 1.807) is 12.1 Å². The normalized spacial score (nSPS) is 11.5. The highest BCUT2D eigenvalue weighted by molar-refractivity contribution is 5.83. The molecular weight excluding hydrogens is 296 g/mol. The zero-order chi connectivity index (χ0) is 16.2. The van der Waals surface area contributed by atoms with Crippen molar-refractivity contribution < 1.29 is 28.5 Å². The molecule has 0 saturated heterocycles. The summed E-state index contributed by atoms with van der Waals surface area (Å²) in [5.74, 6) is 0.452. The molecule has 2 heterocycles. The lowest BCUT2D eigenvalue weighted by molar-refractivity contribution is -0.449. The molecule has 0 spiro atoms. The number of ether oxygens (including phenoxy) is 5. The monoisotopic (exact) mass is 312 g/mol. The summed E-state index contributed by atoms with van der Waals surface area (Å²) in [5.41, 5.74) is 0.497. The van der Waals surface area contributed by atoms with Crippen LogP contribution in [0.1, 0.15) is 0 Å². The van der Waals surface area contributed by atoms with Gasteiger partial charge in [0.1, 0.15) is 0 Å². The van der Waals surface area contributed by atoms with Crippen LogP contribution in [0, 0.1) is 0 Å². The van der Waals surface area contributed by atoms with Crippen LogP contribution < -0.4 is 10.1 Å². The zero-order valence-electron chi connectivity index (χ0n) is 12.5. The summed E-state index contributed by atoms with van der Waals surface area (Å²) in [4.78, 5) is 15.3. The van der Waals surface area contributed by atoms with Gasteiger partial charge in [-0.05, 0) is 6.07 Å². The van der Waals surface area contributed by atoms with Gasteiger partial charge in [-0.3, -0.25) is 19.5 Å². The number of rotatable bonds is 6. The first-order chi connectivity index (χ1) is 10.6. The maximum absolute atomic E-state index is 11.2. The van der Waals surface area contributed by atoms with Crippen LogP contribution in [-0.4, -0.2) is 55.3 Å². The summed E-state index contributed by atoms with van der Waals surface area (Å²) in [6.45, 7) is 0. The predicted molar refractivity (Wildman–Crippen MR) is 73.4 cm³/mol. The van der Waals surface area contributed by atoms with Gasteiger partial charge in [0.15, 0.2) is 11.5 Å². The lowest BCUT2D eigenvalue weighted by atomic mass is 10.5. The third kappa shape index (κ3) is 3.24. The quantitative estimate of drug-likeness (QED) is 0.782. The van der Waals surface area contributed by atoms with E-state index in [-0.39, 0.29) is 11.7 Å². The molecule has 0 aliphatic heterocycles. The second kappa shape index (κ2) is 6.56. The van der Waals surface area contributed by atoms with E-state index in [0.717, 1.165) is 0 Å². The first kappa shape index (κ1) is 15.9.